The summed E-state index contributed by atoms with van der Waals surface area (Å²) in [5, 5.41) is 11.8. The van der Waals surface area contributed by atoms with Gasteiger partial charge in [-0.2, -0.15) is 0 Å². The molecule has 0 aliphatic heterocycles. The van der Waals surface area contributed by atoms with Gasteiger partial charge in [-0.1, -0.05) is 11.6 Å². The van der Waals surface area contributed by atoms with Crippen molar-refractivity contribution in [1.29, 1.82) is 0 Å². The van der Waals surface area contributed by atoms with Crippen LogP contribution in [0, 0.1) is 0 Å². The number of nitrogens with one attached hydrogen (secondary N) is 1. The van der Waals surface area contributed by atoms with Crippen molar-refractivity contribution in [3.05, 3.63) is 17.2 Å². The van der Waals surface area contributed by atoms with E-state index in [-0.39, 0.29) is 6.42 Å². The van der Waals surface area contributed by atoms with Crippen molar-refractivity contribution in [3.8, 4) is 0 Å². The van der Waals surface area contributed by atoms with E-state index in [4.69, 9.17) is 21.4 Å². The number of imidazole rings is 1. The minimum atomic E-state index is -1.17. The highest BCUT2D eigenvalue weighted by Gasteiger charge is 2.25. The number of rotatable bonds is 4. The topological polar surface area (TPSA) is 93.5 Å². The van der Waals surface area contributed by atoms with Crippen LogP contribution in [0.1, 0.15) is 26.6 Å². The quantitative estimate of drug-likeness (QED) is 0.881. The van der Waals surface area contributed by atoms with Crippen LogP contribution in [0.4, 0.5) is 4.79 Å². The molecule has 1 aromatic heterocycles. The molecule has 7 nitrogen and oxygen atoms in total. The summed E-state index contributed by atoms with van der Waals surface area (Å²) in [6.45, 7) is 5.09. The maximum Gasteiger partial charge on any atom is 0.408 e. The Morgan fingerprint density at radius 1 is 1.55 bits per heavy atom. The van der Waals surface area contributed by atoms with Gasteiger partial charge < -0.3 is 19.7 Å². The van der Waals surface area contributed by atoms with Gasteiger partial charge in [-0.3, -0.25) is 0 Å². The van der Waals surface area contributed by atoms with Gasteiger partial charge >= 0.3 is 12.1 Å². The molecule has 0 aromatic carbocycles. The van der Waals surface area contributed by atoms with Crippen LogP contribution >= 0.6 is 11.6 Å². The first-order valence-corrected chi connectivity index (χ1v) is 6.36. The van der Waals surface area contributed by atoms with Crippen LogP contribution in [-0.2, 0) is 23.0 Å². The monoisotopic (exact) mass is 303 g/mol. The normalized spacial score (nSPS) is 12.8. The molecule has 0 saturated heterocycles. The summed E-state index contributed by atoms with van der Waals surface area (Å²) in [6, 6.07) is -1.14. The van der Waals surface area contributed by atoms with Gasteiger partial charge in [0.1, 0.15) is 22.6 Å². The van der Waals surface area contributed by atoms with Crippen LogP contribution in [0.5, 0.6) is 0 Å². The lowest BCUT2D eigenvalue weighted by Crippen LogP contribution is -2.45. The Labute approximate surface area is 121 Å². The molecule has 8 heteroatoms. The zero-order chi connectivity index (χ0) is 15.5. The minimum absolute atomic E-state index is 0.0117. The van der Waals surface area contributed by atoms with E-state index in [1.807, 2.05) is 0 Å². The van der Waals surface area contributed by atoms with Gasteiger partial charge in [-0.15, -0.1) is 0 Å². The number of hydrogen-bond donors (Lipinski definition) is 2. The summed E-state index contributed by atoms with van der Waals surface area (Å²) < 4.78 is 6.57. The van der Waals surface area contributed by atoms with E-state index in [9.17, 15) is 9.59 Å². The summed E-state index contributed by atoms with van der Waals surface area (Å²) >= 11 is 5.83. The molecule has 1 atom stereocenters. The van der Waals surface area contributed by atoms with E-state index in [0.717, 1.165) is 0 Å². The van der Waals surface area contributed by atoms with E-state index in [1.54, 1.807) is 32.4 Å². The predicted octanol–water partition coefficient (Wildman–Crippen LogP) is 1.59. The standard InChI is InChI=1S/C12H18ClN3O4/c1-12(2,3)20-11(19)15-7(10(17)18)5-9-14-6-8(13)16(9)4/h6-7H,5H2,1-4H3,(H,15,19)(H,17,18). The molecule has 112 valence electrons. The fraction of sp³-hybridized carbons (Fsp3) is 0.583. The number of carbonyl (C=O) groups excluding carboxylic acids is 1. The molecular formula is C12H18ClN3O4. The molecule has 1 amide bonds. The summed E-state index contributed by atoms with van der Waals surface area (Å²) in [5.41, 5.74) is -0.695. The Morgan fingerprint density at radius 3 is 2.55 bits per heavy atom. The van der Waals surface area contributed by atoms with Crippen molar-refractivity contribution >= 4 is 23.7 Å². The zero-order valence-corrected chi connectivity index (χ0v) is 12.6. The van der Waals surface area contributed by atoms with Crippen LogP contribution < -0.4 is 5.32 Å². The minimum Gasteiger partial charge on any atom is -0.480 e. The molecule has 1 heterocycles. The average molecular weight is 304 g/mol. The van der Waals surface area contributed by atoms with Crippen molar-refractivity contribution in [2.45, 2.75) is 38.8 Å². The molecule has 1 rings (SSSR count). The number of halogens is 1. The summed E-state index contributed by atoms with van der Waals surface area (Å²) in [6.07, 6.45) is 0.645. The molecule has 0 aliphatic rings. The van der Waals surface area contributed by atoms with E-state index in [0.29, 0.717) is 11.0 Å². The van der Waals surface area contributed by atoms with E-state index < -0.39 is 23.7 Å². The van der Waals surface area contributed by atoms with Crippen molar-refractivity contribution in [2.75, 3.05) is 0 Å². The lowest BCUT2D eigenvalue weighted by Gasteiger charge is -2.21. The highest BCUT2D eigenvalue weighted by molar-refractivity contribution is 6.29. The number of aromatic nitrogens is 2. The first-order valence-electron chi connectivity index (χ1n) is 5.98. The molecule has 0 fully saturated rings. The second-order valence-corrected chi connectivity index (χ2v) is 5.68. The van der Waals surface area contributed by atoms with Gasteiger partial charge in [0.15, 0.2) is 0 Å². The molecular weight excluding hydrogens is 286 g/mol. The number of carboxylic acid groups (broad SMARTS) is 1. The number of aliphatic carboxylic acids is 1. The Balaban J connectivity index is 2.73. The highest BCUT2D eigenvalue weighted by Crippen LogP contribution is 2.12. The summed E-state index contributed by atoms with van der Waals surface area (Å²) in [7, 11) is 1.66. The van der Waals surface area contributed by atoms with Gasteiger partial charge in [0, 0.05) is 13.5 Å². The number of carboxylic acids is 1. The Bertz CT molecular complexity index is 507. The first kappa shape index (κ1) is 16.3. The van der Waals surface area contributed by atoms with Gasteiger partial charge in [0.05, 0.1) is 6.20 Å². The van der Waals surface area contributed by atoms with E-state index in [2.05, 4.69) is 10.3 Å². The molecule has 0 spiro atoms. The Morgan fingerprint density at radius 2 is 2.15 bits per heavy atom. The summed E-state index contributed by atoms with van der Waals surface area (Å²) in [4.78, 5) is 26.8. The van der Waals surface area contributed by atoms with Crippen LogP contribution in [0.25, 0.3) is 0 Å². The molecule has 20 heavy (non-hydrogen) atoms. The Hall–Kier alpha value is -1.76. The molecule has 2 N–H and O–H groups in total. The Kier molecular flexibility index (Phi) is 4.99. The zero-order valence-electron chi connectivity index (χ0n) is 11.8. The van der Waals surface area contributed by atoms with Gasteiger partial charge in [0.25, 0.3) is 0 Å². The third kappa shape index (κ3) is 4.73. The number of alkyl carbamates (subject to hydrolysis) is 1. The van der Waals surface area contributed by atoms with Crippen molar-refractivity contribution in [1.82, 2.24) is 14.9 Å². The third-order valence-electron chi connectivity index (χ3n) is 2.40. The SMILES string of the molecule is Cn1c(Cl)cnc1CC(NC(=O)OC(C)(C)C)C(=O)O. The van der Waals surface area contributed by atoms with E-state index in [1.165, 1.54) is 6.20 Å². The van der Waals surface area contributed by atoms with Gasteiger partial charge in [-0.25, -0.2) is 14.6 Å². The molecule has 0 aliphatic carbocycles. The number of hydrogen-bond acceptors (Lipinski definition) is 4. The average Bonchev–Trinajstić information content (AvgIpc) is 2.57. The van der Waals surface area contributed by atoms with Crippen LogP contribution in [-0.4, -0.2) is 38.4 Å². The van der Waals surface area contributed by atoms with Crippen LogP contribution in [0.2, 0.25) is 5.15 Å². The predicted molar refractivity (Wildman–Crippen MR) is 72.7 cm³/mol. The number of nitrogens with zero attached hydrogens (tertiary/aromatic N) is 2. The smallest absolute Gasteiger partial charge is 0.408 e. The lowest BCUT2D eigenvalue weighted by molar-refractivity contribution is -0.139. The molecule has 1 unspecified atom stereocenters. The van der Waals surface area contributed by atoms with Gasteiger partial charge in [0.2, 0.25) is 0 Å². The maximum atomic E-state index is 11.6. The van der Waals surface area contributed by atoms with Crippen LogP contribution in [0.3, 0.4) is 0 Å². The van der Waals surface area contributed by atoms with Crippen molar-refractivity contribution < 1.29 is 19.4 Å². The summed E-state index contributed by atoms with van der Waals surface area (Å²) in [5.74, 6) is -0.714. The largest absolute Gasteiger partial charge is 0.480 e. The molecule has 0 saturated carbocycles. The second kappa shape index (κ2) is 6.13. The molecule has 1 aromatic rings. The second-order valence-electron chi connectivity index (χ2n) is 5.30. The number of amides is 1. The van der Waals surface area contributed by atoms with Crippen LogP contribution in [0.15, 0.2) is 6.20 Å². The molecule has 0 radical (unpaired) electrons. The lowest BCUT2D eigenvalue weighted by atomic mass is 10.2. The first-order chi connectivity index (χ1) is 9.10. The van der Waals surface area contributed by atoms with E-state index >= 15 is 0 Å². The highest BCUT2D eigenvalue weighted by atomic mass is 35.5. The van der Waals surface area contributed by atoms with Gasteiger partial charge in [-0.05, 0) is 20.8 Å². The fourth-order valence-electron chi connectivity index (χ4n) is 1.45. The molecule has 0 bridgehead atoms. The van der Waals surface area contributed by atoms with Crippen molar-refractivity contribution in [3.63, 3.8) is 0 Å². The maximum absolute atomic E-state index is 11.6. The number of carbonyl (C=O) groups is 2. The van der Waals surface area contributed by atoms with Crippen molar-refractivity contribution in [2.24, 2.45) is 7.05 Å². The fourth-order valence-corrected chi connectivity index (χ4v) is 1.59. The number of ether oxygens (including phenoxy) is 1. The third-order valence-corrected chi connectivity index (χ3v) is 2.75.